The van der Waals surface area contributed by atoms with Crippen molar-refractivity contribution >= 4 is 11.6 Å². The Morgan fingerprint density at radius 2 is 2.31 bits per heavy atom. The number of nitrogens with two attached hydrogens (primary N) is 1. The van der Waals surface area contributed by atoms with Gasteiger partial charge in [0.15, 0.2) is 0 Å². The average Bonchev–Trinajstić information content (AvgIpc) is 2.44. The van der Waals surface area contributed by atoms with Gasteiger partial charge in [0, 0.05) is 5.56 Å². The van der Waals surface area contributed by atoms with E-state index < -0.39 is 17.8 Å². The van der Waals surface area contributed by atoms with Gasteiger partial charge in [0.05, 0.1) is 11.8 Å². The van der Waals surface area contributed by atoms with Crippen LogP contribution in [0.3, 0.4) is 0 Å². The first-order valence-electron chi connectivity index (χ1n) is 4.80. The summed E-state index contributed by atoms with van der Waals surface area (Å²) in [5.74, 6) is -0.937. The molecule has 16 heavy (non-hydrogen) atoms. The minimum absolute atomic E-state index is 0.143. The molecule has 82 valence electrons. The largest absolute Gasteiger partial charge is 0.316 e. The molecular weight excluding hydrogens is 209 g/mol. The number of hydrogen-bond acceptors (Lipinski definition) is 3. The lowest BCUT2D eigenvalue weighted by Crippen LogP contribution is -2.32. The van der Waals surface area contributed by atoms with Crippen LogP contribution in [-0.4, -0.2) is 12.5 Å². The van der Waals surface area contributed by atoms with E-state index in [1.54, 1.807) is 13.0 Å². The molecule has 4 nitrogen and oxygen atoms in total. The molecule has 1 amide bonds. The summed E-state index contributed by atoms with van der Waals surface area (Å²) in [6.07, 6.45) is 0. The van der Waals surface area contributed by atoms with Crippen molar-refractivity contribution < 1.29 is 9.18 Å². The number of rotatable bonds is 1. The van der Waals surface area contributed by atoms with Gasteiger partial charge in [-0.25, -0.2) is 4.39 Å². The van der Waals surface area contributed by atoms with E-state index >= 15 is 0 Å². The van der Waals surface area contributed by atoms with Gasteiger partial charge in [0.25, 0.3) is 0 Å². The minimum Gasteiger partial charge on any atom is -0.316 e. The number of nitrogens with zero attached hydrogens (tertiary/aromatic N) is 2. The topological polar surface area (TPSA) is 70.1 Å². The maximum atomic E-state index is 13.7. The van der Waals surface area contributed by atoms with Crippen molar-refractivity contribution in [3.05, 3.63) is 29.1 Å². The van der Waals surface area contributed by atoms with Crippen molar-refractivity contribution in [2.75, 3.05) is 11.4 Å². The molecule has 5 heteroatoms. The van der Waals surface area contributed by atoms with Crippen LogP contribution in [0.5, 0.6) is 0 Å². The monoisotopic (exact) mass is 219 g/mol. The molecule has 1 aliphatic heterocycles. The lowest BCUT2D eigenvalue weighted by molar-refractivity contribution is -0.119. The first kappa shape index (κ1) is 10.6. The van der Waals surface area contributed by atoms with Crippen molar-refractivity contribution in [3.8, 4) is 6.07 Å². The zero-order chi connectivity index (χ0) is 11.9. The van der Waals surface area contributed by atoms with Gasteiger partial charge in [-0.1, -0.05) is 6.07 Å². The lowest BCUT2D eigenvalue weighted by atomic mass is 10.1. The highest BCUT2D eigenvalue weighted by Gasteiger charge is 2.37. The standard InChI is InChI=1S/C11H10FN3O/c1-6-4-7-9(14)11(16)15(3-2-13)10(7)8(12)5-6/h4-5,9H,3,14H2,1H3. The Morgan fingerprint density at radius 3 is 2.94 bits per heavy atom. The molecule has 0 saturated carbocycles. The van der Waals surface area contributed by atoms with Gasteiger partial charge in [0.2, 0.25) is 5.91 Å². The molecule has 1 aromatic rings. The van der Waals surface area contributed by atoms with Gasteiger partial charge >= 0.3 is 0 Å². The van der Waals surface area contributed by atoms with E-state index in [-0.39, 0.29) is 12.2 Å². The number of amides is 1. The molecule has 2 N–H and O–H groups in total. The number of halogens is 1. The molecule has 0 fully saturated rings. The summed E-state index contributed by atoms with van der Waals surface area (Å²) in [7, 11) is 0. The maximum absolute atomic E-state index is 13.7. The molecule has 1 atom stereocenters. The number of aryl methyl sites for hydroxylation is 1. The van der Waals surface area contributed by atoms with Crippen LogP contribution in [0.15, 0.2) is 12.1 Å². The van der Waals surface area contributed by atoms with Crippen LogP contribution in [0.25, 0.3) is 0 Å². The van der Waals surface area contributed by atoms with E-state index in [1.807, 2.05) is 6.07 Å². The molecule has 0 radical (unpaired) electrons. The number of benzene rings is 1. The predicted molar refractivity (Wildman–Crippen MR) is 56.0 cm³/mol. The van der Waals surface area contributed by atoms with Gasteiger partial charge in [-0.2, -0.15) is 5.26 Å². The molecule has 0 aromatic heterocycles. The Bertz CT molecular complexity index is 507. The van der Waals surface area contributed by atoms with E-state index in [0.717, 1.165) is 4.90 Å². The molecule has 1 aromatic carbocycles. The van der Waals surface area contributed by atoms with Gasteiger partial charge in [0.1, 0.15) is 18.4 Å². The van der Waals surface area contributed by atoms with E-state index in [2.05, 4.69) is 0 Å². The Balaban J connectivity index is 2.61. The summed E-state index contributed by atoms with van der Waals surface area (Å²) in [6.45, 7) is 1.55. The normalized spacial score (nSPS) is 18.5. The molecule has 2 rings (SSSR count). The molecule has 0 aliphatic carbocycles. The van der Waals surface area contributed by atoms with Crippen LogP contribution >= 0.6 is 0 Å². The van der Waals surface area contributed by atoms with Gasteiger partial charge < -0.3 is 5.73 Å². The quantitative estimate of drug-likeness (QED) is 0.716. The van der Waals surface area contributed by atoms with Gasteiger partial charge in [-0.05, 0) is 18.6 Å². The first-order valence-corrected chi connectivity index (χ1v) is 4.80. The van der Waals surface area contributed by atoms with Crippen molar-refractivity contribution in [2.45, 2.75) is 13.0 Å². The fraction of sp³-hybridized carbons (Fsp3) is 0.273. The average molecular weight is 219 g/mol. The van der Waals surface area contributed by atoms with Crippen LogP contribution in [0.4, 0.5) is 10.1 Å². The maximum Gasteiger partial charge on any atom is 0.249 e. The van der Waals surface area contributed by atoms with Crippen molar-refractivity contribution in [1.29, 1.82) is 5.26 Å². The molecular formula is C11H10FN3O. The highest BCUT2D eigenvalue weighted by atomic mass is 19.1. The van der Waals surface area contributed by atoms with Crippen LogP contribution in [-0.2, 0) is 4.79 Å². The number of carbonyl (C=O) groups is 1. The number of carbonyl (C=O) groups excluding carboxylic acids is 1. The molecule has 0 spiro atoms. The molecule has 0 bridgehead atoms. The van der Waals surface area contributed by atoms with E-state index in [4.69, 9.17) is 11.0 Å². The second-order valence-corrected chi connectivity index (χ2v) is 3.74. The lowest BCUT2D eigenvalue weighted by Gasteiger charge is -2.13. The summed E-state index contributed by atoms with van der Waals surface area (Å²) < 4.78 is 13.7. The summed E-state index contributed by atoms with van der Waals surface area (Å²) in [6, 6.07) is 3.97. The van der Waals surface area contributed by atoms with Gasteiger partial charge in [-0.3, -0.25) is 9.69 Å². The molecule has 0 saturated heterocycles. The molecule has 1 heterocycles. The van der Waals surface area contributed by atoms with Crippen LogP contribution in [0, 0.1) is 24.1 Å². The predicted octanol–water partition coefficient (Wildman–Crippen LogP) is 1.00. The van der Waals surface area contributed by atoms with E-state index in [0.29, 0.717) is 11.1 Å². The zero-order valence-corrected chi connectivity index (χ0v) is 8.70. The fourth-order valence-electron chi connectivity index (χ4n) is 1.92. The Morgan fingerprint density at radius 1 is 1.62 bits per heavy atom. The van der Waals surface area contributed by atoms with Gasteiger partial charge in [-0.15, -0.1) is 0 Å². The van der Waals surface area contributed by atoms with Crippen LogP contribution in [0.1, 0.15) is 17.2 Å². The summed E-state index contributed by atoms with van der Waals surface area (Å²) in [5.41, 5.74) is 6.99. The number of hydrogen-bond donors (Lipinski definition) is 1. The second-order valence-electron chi connectivity index (χ2n) is 3.74. The number of nitriles is 1. The van der Waals surface area contributed by atoms with Crippen LogP contribution in [0.2, 0.25) is 0 Å². The smallest absolute Gasteiger partial charge is 0.249 e. The minimum atomic E-state index is -0.863. The SMILES string of the molecule is Cc1cc(F)c2c(c1)C(N)C(=O)N2CC#N. The van der Waals surface area contributed by atoms with E-state index in [9.17, 15) is 9.18 Å². The van der Waals surface area contributed by atoms with Crippen LogP contribution < -0.4 is 10.6 Å². The Labute approximate surface area is 92.1 Å². The third kappa shape index (κ3) is 1.35. The molecule has 1 unspecified atom stereocenters. The van der Waals surface area contributed by atoms with E-state index in [1.165, 1.54) is 6.07 Å². The molecule has 1 aliphatic rings. The number of fused-ring (bicyclic) bond motifs is 1. The first-order chi connectivity index (χ1) is 7.56. The number of anilines is 1. The van der Waals surface area contributed by atoms with Crippen molar-refractivity contribution in [1.82, 2.24) is 0 Å². The summed E-state index contributed by atoms with van der Waals surface area (Å²) in [5, 5.41) is 8.59. The third-order valence-corrected chi connectivity index (χ3v) is 2.60. The Kier molecular flexibility index (Phi) is 2.37. The van der Waals surface area contributed by atoms with Crippen molar-refractivity contribution in [3.63, 3.8) is 0 Å². The fourth-order valence-corrected chi connectivity index (χ4v) is 1.92. The third-order valence-electron chi connectivity index (χ3n) is 2.60. The zero-order valence-electron chi connectivity index (χ0n) is 8.70. The summed E-state index contributed by atoms with van der Waals surface area (Å²) in [4.78, 5) is 12.8. The highest BCUT2D eigenvalue weighted by molar-refractivity contribution is 6.05. The highest BCUT2D eigenvalue weighted by Crippen LogP contribution is 2.37. The summed E-state index contributed by atoms with van der Waals surface area (Å²) >= 11 is 0. The Hall–Kier alpha value is -1.93. The van der Waals surface area contributed by atoms with Crippen molar-refractivity contribution in [2.24, 2.45) is 5.73 Å². The second kappa shape index (κ2) is 3.58.